The first-order valence-corrected chi connectivity index (χ1v) is 5.16. The van der Waals surface area contributed by atoms with Crippen molar-refractivity contribution in [2.45, 2.75) is 16.9 Å². The third kappa shape index (κ3) is 1.08. The molecular formula is C9H10O4S. The molecule has 4 atom stereocenters. The van der Waals surface area contributed by atoms with Crippen molar-refractivity contribution >= 4 is 23.7 Å². The fraction of sp³-hybridized carbons (Fsp3) is 0.556. The minimum atomic E-state index is -1.01. The van der Waals surface area contributed by atoms with Gasteiger partial charge in [0.2, 0.25) is 0 Å². The molecule has 5 heteroatoms. The molecule has 0 spiro atoms. The first kappa shape index (κ1) is 9.58. The molecule has 14 heavy (non-hydrogen) atoms. The van der Waals surface area contributed by atoms with Crippen LogP contribution >= 0.6 is 11.8 Å². The Morgan fingerprint density at radius 1 is 1.36 bits per heavy atom. The summed E-state index contributed by atoms with van der Waals surface area (Å²) in [6.07, 6.45) is 3.63. The lowest BCUT2D eigenvalue weighted by molar-refractivity contribution is -0.153. The third-order valence-electron chi connectivity index (χ3n) is 2.89. The number of hydrogen-bond donors (Lipinski definition) is 2. The van der Waals surface area contributed by atoms with Crippen LogP contribution in [0.1, 0.15) is 6.92 Å². The summed E-state index contributed by atoms with van der Waals surface area (Å²) < 4.78 is -0.542. The fourth-order valence-electron chi connectivity index (χ4n) is 2.26. The lowest BCUT2D eigenvalue weighted by atomic mass is 9.77. The number of rotatable bonds is 2. The molecule has 0 aromatic rings. The summed E-state index contributed by atoms with van der Waals surface area (Å²) >= 11 is 1.43. The topological polar surface area (TPSA) is 74.6 Å². The highest BCUT2D eigenvalue weighted by Crippen LogP contribution is 2.56. The van der Waals surface area contributed by atoms with Crippen molar-refractivity contribution in [1.82, 2.24) is 0 Å². The van der Waals surface area contributed by atoms with Gasteiger partial charge in [0.1, 0.15) is 0 Å². The van der Waals surface area contributed by atoms with Crippen LogP contribution in [0.25, 0.3) is 0 Å². The summed E-state index contributed by atoms with van der Waals surface area (Å²) in [7, 11) is 0. The van der Waals surface area contributed by atoms with E-state index in [0.29, 0.717) is 0 Å². The Labute approximate surface area is 85.0 Å². The van der Waals surface area contributed by atoms with Crippen LogP contribution in [-0.2, 0) is 9.59 Å². The quantitative estimate of drug-likeness (QED) is 0.666. The van der Waals surface area contributed by atoms with E-state index in [4.69, 9.17) is 10.2 Å². The van der Waals surface area contributed by atoms with Gasteiger partial charge in [-0.25, -0.2) is 0 Å². The molecule has 2 heterocycles. The molecule has 0 saturated carbocycles. The van der Waals surface area contributed by atoms with Crippen molar-refractivity contribution in [3.05, 3.63) is 12.2 Å². The molecule has 76 valence electrons. The molecule has 2 bridgehead atoms. The Morgan fingerprint density at radius 3 is 2.43 bits per heavy atom. The molecule has 2 rings (SSSR count). The standard InChI is InChI=1S/C9H10O4S/c1-9-3-2-4(14-9)5(7(10)11)6(9)8(12)13/h2-6H,1H3,(H,10,11)(H,12,13). The van der Waals surface area contributed by atoms with Gasteiger partial charge >= 0.3 is 11.9 Å². The maximum Gasteiger partial charge on any atom is 0.309 e. The molecule has 0 aromatic carbocycles. The molecule has 4 nitrogen and oxygen atoms in total. The van der Waals surface area contributed by atoms with E-state index in [-0.39, 0.29) is 5.25 Å². The van der Waals surface area contributed by atoms with Gasteiger partial charge in [0.15, 0.2) is 0 Å². The van der Waals surface area contributed by atoms with E-state index in [9.17, 15) is 9.59 Å². The summed E-state index contributed by atoms with van der Waals surface area (Å²) in [6.45, 7) is 1.79. The first-order chi connectivity index (χ1) is 6.46. The highest BCUT2D eigenvalue weighted by atomic mass is 32.2. The Kier molecular flexibility index (Phi) is 1.89. The Morgan fingerprint density at radius 2 is 2.00 bits per heavy atom. The van der Waals surface area contributed by atoms with Crippen molar-refractivity contribution in [2.24, 2.45) is 11.8 Å². The second-order valence-corrected chi connectivity index (χ2v) is 5.47. The molecule has 1 fully saturated rings. The van der Waals surface area contributed by atoms with Crippen LogP contribution in [0.5, 0.6) is 0 Å². The second-order valence-electron chi connectivity index (χ2n) is 3.81. The second kappa shape index (κ2) is 2.76. The number of carbonyl (C=O) groups is 2. The summed E-state index contributed by atoms with van der Waals surface area (Å²) in [5, 5.41) is 17.8. The Hall–Kier alpha value is -0.970. The van der Waals surface area contributed by atoms with Crippen molar-refractivity contribution in [1.29, 1.82) is 0 Å². The summed E-state index contributed by atoms with van der Waals surface area (Å²) in [5.41, 5.74) is 0. The van der Waals surface area contributed by atoms with Gasteiger partial charge in [-0.3, -0.25) is 9.59 Å². The van der Waals surface area contributed by atoms with Gasteiger partial charge in [-0.1, -0.05) is 12.2 Å². The van der Waals surface area contributed by atoms with Crippen molar-refractivity contribution in [3.8, 4) is 0 Å². The molecule has 0 amide bonds. The van der Waals surface area contributed by atoms with E-state index < -0.39 is 28.5 Å². The summed E-state index contributed by atoms with van der Waals surface area (Å²) in [6, 6.07) is 0. The average molecular weight is 214 g/mol. The Bertz CT molecular complexity index is 338. The van der Waals surface area contributed by atoms with E-state index in [1.54, 1.807) is 6.92 Å². The van der Waals surface area contributed by atoms with Gasteiger partial charge in [0.05, 0.1) is 11.8 Å². The third-order valence-corrected chi connectivity index (χ3v) is 4.51. The summed E-state index contributed by atoms with van der Waals surface area (Å²) in [5.74, 6) is -3.62. The smallest absolute Gasteiger partial charge is 0.309 e. The van der Waals surface area contributed by atoms with Crippen molar-refractivity contribution in [2.75, 3.05) is 0 Å². The minimum absolute atomic E-state index is 0.182. The first-order valence-electron chi connectivity index (χ1n) is 4.28. The van der Waals surface area contributed by atoms with Crippen LogP contribution in [0, 0.1) is 11.8 Å². The summed E-state index contributed by atoms with van der Waals surface area (Å²) in [4.78, 5) is 21.9. The van der Waals surface area contributed by atoms with Gasteiger partial charge in [-0.2, -0.15) is 0 Å². The van der Waals surface area contributed by atoms with E-state index >= 15 is 0 Å². The van der Waals surface area contributed by atoms with Crippen molar-refractivity contribution in [3.63, 3.8) is 0 Å². The molecule has 0 aliphatic carbocycles. The SMILES string of the molecule is CC12C=CC(S1)C(C(=O)O)C2C(=O)O. The van der Waals surface area contributed by atoms with E-state index in [0.717, 1.165) is 0 Å². The molecule has 0 aromatic heterocycles. The predicted octanol–water partition coefficient (Wildman–Crippen LogP) is 0.832. The van der Waals surface area contributed by atoms with Gasteiger partial charge in [0.25, 0.3) is 0 Å². The van der Waals surface area contributed by atoms with E-state index in [2.05, 4.69) is 0 Å². The maximum absolute atomic E-state index is 11.0. The lowest BCUT2D eigenvalue weighted by Crippen LogP contribution is -2.41. The molecule has 2 aliphatic heterocycles. The largest absolute Gasteiger partial charge is 0.481 e. The van der Waals surface area contributed by atoms with Crippen LogP contribution in [0.2, 0.25) is 0 Å². The van der Waals surface area contributed by atoms with Crippen molar-refractivity contribution < 1.29 is 19.8 Å². The monoisotopic (exact) mass is 214 g/mol. The van der Waals surface area contributed by atoms with Crippen LogP contribution in [0.15, 0.2) is 12.2 Å². The zero-order valence-electron chi connectivity index (χ0n) is 7.51. The number of carboxylic acids is 2. The minimum Gasteiger partial charge on any atom is -0.481 e. The highest BCUT2D eigenvalue weighted by molar-refractivity contribution is 8.02. The molecule has 2 aliphatic rings. The predicted molar refractivity (Wildman–Crippen MR) is 51.2 cm³/mol. The van der Waals surface area contributed by atoms with Gasteiger partial charge < -0.3 is 10.2 Å². The zero-order chi connectivity index (χ0) is 10.5. The van der Waals surface area contributed by atoms with Crippen LogP contribution in [0.3, 0.4) is 0 Å². The van der Waals surface area contributed by atoms with Crippen LogP contribution in [0.4, 0.5) is 0 Å². The number of fused-ring (bicyclic) bond motifs is 2. The normalized spacial score (nSPS) is 44.2. The number of carboxylic acid groups (broad SMARTS) is 2. The number of aliphatic carboxylic acids is 2. The van der Waals surface area contributed by atoms with Crippen LogP contribution in [-0.4, -0.2) is 32.1 Å². The average Bonchev–Trinajstić information content (AvgIpc) is 2.55. The zero-order valence-corrected chi connectivity index (χ0v) is 8.32. The van der Waals surface area contributed by atoms with Gasteiger partial charge in [0, 0.05) is 10.00 Å². The van der Waals surface area contributed by atoms with Gasteiger partial charge in [-0.15, -0.1) is 11.8 Å². The van der Waals surface area contributed by atoms with Gasteiger partial charge in [-0.05, 0) is 6.92 Å². The highest BCUT2D eigenvalue weighted by Gasteiger charge is 2.59. The number of hydrogen-bond acceptors (Lipinski definition) is 3. The Balaban J connectivity index is 2.41. The molecule has 0 radical (unpaired) electrons. The number of thioether (sulfide) groups is 1. The van der Waals surface area contributed by atoms with E-state index in [1.807, 2.05) is 12.2 Å². The molecule has 1 saturated heterocycles. The lowest BCUT2D eigenvalue weighted by Gasteiger charge is -2.26. The molecule has 2 N–H and O–H groups in total. The van der Waals surface area contributed by atoms with Crippen LogP contribution < -0.4 is 0 Å². The maximum atomic E-state index is 11.0. The van der Waals surface area contributed by atoms with E-state index in [1.165, 1.54) is 11.8 Å². The molecular weight excluding hydrogens is 204 g/mol. The molecule has 4 unspecified atom stereocenters. The fourth-order valence-corrected chi connectivity index (χ4v) is 3.97.